The van der Waals surface area contributed by atoms with Crippen molar-refractivity contribution >= 4 is 15.9 Å². The van der Waals surface area contributed by atoms with Crippen LogP contribution in [-0.4, -0.2) is 59.4 Å². The van der Waals surface area contributed by atoms with E-state index in [9.17, 15) is 13.2 Å². The third-order valence-corrected chi connectivity index (χ3v) is 8.02. The average Bonchev–Trinajstić information content (AvgIpc) is 3.30. The topological polar surface area (TPSA) is 86.4 Å². The van der Waals surface area contributed by atoms with Crippen molar-refractivity contribution in [2.75, 3.05) is 19.6 Å². The van der Waals surface area contributed by atoms with Crippen LogP contribution in [0.3, 0.4) is 0 Å². The molecule has 3 heterocycles. The predicted octanol–water partition coefficient (Wildman–Crippen LogP) is 1.75. The standard InChI is InChI=1S/C17H26N4O3S/c22-16-17(7-4-9-21(16)14-5-2-1-3-6-14)8-10-20(13-17)25(23,24)15-11-18-19-12-15/h11-12,14H,1-10,13H2,(H,18,19)/t17-/m0/s1. The fraction of sp³-hybridized carbons (Fsp3) is 0.765. The zero-order valence-corrected chi connectivity index (χ0v) is 15.3. The molecule has 2 saturated heterocycles. The number of carbonyl (C=O) groups excluding carboxylic acids is 1. The second-order valence-electron chi connectivity index (χ2n) is 7.70. The SMILES string of the molecule is O=C1N(C2CCCCC2)CCC[C@@]12CCN(S(=O)(=O)c1cn[nH]c1)C2. The summed E-state index contributed by atoms with van der Waals surface area (Å²) in [6, 6.07) is 0.359. The monoisotopic (exact) mass is 366 g/mol. The van der Waals surface area contributed by atoms with Crippen LogP contribution in [0.2, 0.25) is 0 Å². The second kappa shape index (κ2) is 6.39. The van der Waals surface area contributed by atoms with Gasteiger partial charge in [-0.2, -0.15) is 9.40 Å². The number of aromatic nitrogens is 2. The number of amides is 1. The van der Waals surface area contributed by atoms with Crippen molar-refractivity contribution in [3.63, 3.8) is 0 Å². The summed E-state index contributed by atoms with van der Waals surface area (Å²) in [5.74, 6) is 0.190. The number of rotatable bonds is 3. The fourth-order valence-corrected chi connectivity index (χ4v) is 6.22. The van der Waals surface area contributed by atoms with E-state index in [-0.39, 0.29) is 10.8 Å². The summed E-state index contributed by atoms with van der Waals surface area (Å²) in [5, 5.41) is 6.30. The van der Waals surface area contributed by atoms with Gasteiger partial charge in [0.15, 0.2) is 0 Å². The molecule has 8 heteroatoms. The first-order valence-electron chi connectivity index (χ1n) is 9.33. The molecule has 2 aliphatic heterocycles. The first-order valence-corrected chi connectivity index (χ1v) is 10.8. The molecule has 3 fully saturated rings. The maximum Gasteiger partial charge on any atom is 0.246 e. The molecule has 4 rings (SSSR count). The number of likely N-dealkylation sites (tertiary alicyclic amines) is 1. The molecule has 1 spiro atoms. The molecule has 0 aromatic carbocycles. The van der Waals surface area contributed by atoms with E-state index >= 15 is 0 Å². The normalized spacial score (nSPS) is 29.6. The van der Waals surface area contributed by atoms with E-state index in [2.05, 4.69) is 15.1 Å². The number of sulfonamides is 1. The third kappa shape index (κ3) is 2.89. The van der Waals surface area contributed by atoms with Gasteiger partial charge in [0, 0.05) is 31.9 Å². The number of hydrogen-bond donors (Lipinski definition) is 1. The largest absolute Gasteiger partial charge is 0.339 e. The van der Waals surface area contributed by atoms with Crippen molar-refractivity contribution < 1.29 is 13.2 Å². The molecule has 1 aromatic heterocycles. The Bertz CT molecular complexity index is 727. The summed E-state index contributed by atoms with van der Waals surface area (Å²) in [6.45, 7) is 1.56. The third-order valence-electron chi connectivity index (χ3n) is 6.21. The van der Waals surface area contributed by atoms with Gasteiger partial charge in [-0.1, -0.05) is 19.3 Å². The highest BCUT2D eigenvalue weighted by Crippen LogP contribution is 2.43. The van der Waals surface area contributed by atoms with Crippen molar-refractivity contribution in [2.24, 2.45) is 5.41 Å². The first-order chi connectivity index (χ1) is 12.0. The molecular weight excluding hydrogens is 340 g/mol. The molecule has 1 amide bonds. The first kappa shape index (κ1) is 17.0. The molecule has 1 aromatic rings. The Balaban J connectivity index is 1.53. The number of H-pyrrole nitrogens is 1. The van der Waals surface area contributed by atoms with Crippen LogP contribution in [0.5, 0.6) is 0 Å². The summed E-state index contributed by atoms with van der Waals surface area (Å²) in [4.78, 5) is 15.6. The minimum Gasteiger partial charge on any atom is -0.339 e. The average molecular weight is 366 g/mol. The molecular formula is C17H26N4O3S. The van der Waals surface area contributed by atoms with Crippen LogP contribution in [0.25, 0.3) is 0 Å². The van der Waals surface area contributed by atoms with Crippen molar-refractivity contribution in [1.29, 1.82) is 0 Å². The Hall–Kier alpha value is -1.41. The maximum absolute atomic E-state index is 13.3. The van der Waals surface area contributed by atoms with E-state index in [1.807, 2.05) is 0 Å². The van der Waals surface area contributed by atoms with Crippen LogP contribution < -0.4 is 0 Å². The van der Waals surface area contributed by atoms with E-state index in [1.165, 1.54) is 36.0 Å². The summed E-state index contributed by atoms with van der Waals surface area (Å²) in [5.41, 5.74) is -0.521. The lowest BCUT2D eigenvalue weighted by Crippen LogP contribution is -2.54. The molecule has 0 unspecified atom stereocenters. The maximum atomic E-state index is 13.3. The van der Waals surface area contributed by atoms with Crippen molar-refractivity contribution in [3.8, 4) is 0 Å². The minimum absolute atomic E-state index is 0.178. The lowest BCUT2D eigenvalue weighted by atomic mass is 9.77. The van der Waals surface area contributed by atoms with E-state index in [1.54, 1.807) is 0 Å². The van der Waals surface area contributed by atoms with Crippen LogP contribution in [0.15, 0.2) is 17.3 Å². The van der Waals surface area contributed by atoms with Gasteiger partial charge in [0.1, 0.15) is 4.90 Å². The minimum atomic E-state index is -3.57. The van der Waals surface area contributed by atoms with E-state index in [0.29, 0.717) is 25.6 Å². The molecule has 25 heavy (non-hydrogen) atoms. The number of piperidine rings is 1. The number of hydrogen-bond acceptors (Lipinski definition) is 4. The molecule has 3 aliphatic rings. The zero-order chi connectivity index (χ0) is 17.5. The summed E-state index contributed by atoms with van der Waals surface area (Å²) in [6.07, 6.45) is 11.0. The van der Waals surface area contributed by atoms with Gasteiger partial charge < -0.3 is 4.90 Å². The quantitative estimate of drug-likeness (QED) is 0.883. The summed E-state index contributed by atoms with van der Waals surface area (Å²) < 4.78 is 27.0. The van der Waals surface area contributed by atoms with Crippen molar-refractivity contribution in [2.45, 2.75) is 62.3 Å². The highest BCUT2D eigenvalue weighted by Gasteiger charge is 2.52. The molecule has 1 atom stereocenters. The Morgan fingerprint density at radius 3 is 2.64 bits per heavy atom. The van der Waals surface area contributed by atoms with Gasteiger partial charge >= 0.3 is 0 Å². The van der Waals surface area contributed by atoms with E-state index < -0.39 is 15.4 Å². The lowest BCUT2D eigenvalue weighted by Gasteiger charge is -2.44. The van der Waals surface area contributed by atoms with Gasteiger partial charge in [0.05, 0.1) is 11.6 Å². The molecule has 7 nitrogen and oxygen atoms in total. The van der Waals surface area contributed by atoms with Gasteiger partial charge in [-0.05, 0) is 32.1 Å². The lowest BCUT2D eigenvalue weighted by molar-refractivity contribution is -0.149. The number of nitrogens with one attached hydrogen (secondary N) is 1. The summed E-state index contributed by atoms with van der Waals surface area (Å²) in [7, 11) is -3.57. The fourth-order valence-electron chi connectivity index (χ4n) is 4.79. The van der Waals surface area contributed by atoms with Gasteiger partial charge in [0.25, 0.3) is 0 Å². The molecule has 0 bridgehead atoms. The number of aromatic amines is 1. The number of nitrogens with zero attached hydrogens (tertiary/aromatic N) is 3. The van der Waals surface area contributed by atoms with Gasteiger partial charge in [0.2, 0.25) is 15.9 Å². The molecule has 1 saturated carbocycles. The Morgan fingerprint density at radius 1 is 1.12 bits per heavy atom. The smallest absolute Gasteiger partial charge is 0.246 e. The Morgan fingerprint density at radius 2 is 1.92 bits per heavy atom. The van der Waals surface area contributed by atoms with Crippen LogP contribution >= 0.6 is 0 Å². The Labute approximate surface area is 148 Å². The van der Waals surface area contributed by atoms with Gasteiger partial charge in [-0.3, -0.25) is 9.89 Å². The zero-order valence-electron chi connectivity index (χ0n) is 14.5. The second-order valence-corrected chi connectivity index (χ2v) is 9.63. The van der Waals surface area contributed by atoms with Crippen molar-refractivity contribution in [3.05, 3.63) is 12.4 Å². The van der Waals surface area contributed by atoms with E-state index in [4.69, 9.17) is 0 Å². The summed E-state index contributed by atoms with van der Waals surface area (Å²) >= 11 is 0. The number of carbonyl (C=O) groups is 1. The van der Waals surface area contributed by atoms with E-state index in [0.717, 1.165) is 32.2 Å². The molecule has 138 valence electrons. The highest BCUT2D eigenvalue weighted by molar-refractivity contribution is 7.89. The Kier molecular flexibility index (Phi) is 4.35. The predicted molar refractivity (Wildman–Crippen MR) is 92.2 cm³/mol. The van der Waals surface area contributed by atoms with Crippen molar-refractivity contribution in [1.82, 2.24) is 19.4 Å². The van der Waals surface area contributed by atoms with Crippen LogP contribution in [0.4, 0.5) is 0 Å². The van der Waals surface area contributed by atoms with Crippen LogP contribution in [-0.2, 0) is 14.8 Å². The highest BCUT2D eigenvalue weighted by atomic mass is 32.2. The molecule has 1 N–H and O–H groups in total. The molecule has 1 aliphatic carbocycles. The van der Waals surface area contributed by atoms with Crippen LogP contribution in [0.1, 0.15) is 51.4 Å². The van der Waals surface area contributed by atoms with Gasteiger partial charge in [-0.15, -0.1) is 0 Å². The molecule has 0 radical (unpaired) electrons. The van der Waals surface area contributed by atoms with Crippen LogP contribution in [0, 0.1) is 5.41 Å². The van der Waals surface area contributed by atoms with Gasteiger partial charge in [-0.25, -0.2) is 8.42 Å².